The van der Waals surface area contributed by atoms with Crippen molar-refractivity contribution in [1.29, 1.82) is 0 Å². The molecule has 1 aromatic heterocycles. The lowest BCUT2D eigenvalue weighted by atomic mass is 10.0. The third-order valence-electron chi connectivity index (χ3n) is 3.14. The Balaban J connectivity index is 2.27. The topological polar surface area (TPSA) is 54.7 Å². The molecule has 106 valence electrons. The van der Waals surface area contributed by atoms with Crippen molar-refractivity contribution in [3.05, 3.63) is 57.8 Å². The molecule has 0 aliphatic rings. The summed E-state index contributed by atoms with van der Waals surface area (Å²) < 4.78 is 14.9. The molecule has 0 bridgehead atoms. The number of hydrogen-bond acceptors (Lipinski definition) is 2. The predicted octanol–water partition coefficient (Wildman–Crippen LogP) is 4.88. The van der Waals surface area contributed by atoms with Crippen molar-refractivity contribution in [2.75, 3.05) is 5.73 Å². The Morgan fingerprint density at radius 2 is 1.90 bits per heavy atom. The molecule has 0 spiro atoms. The summed E-state index contributed by atoms with van der Waals surface area (Å²) in [7, 11) is 0. The molecule has 0 atom stereocenters. The van der Waals surface area contributed by atoms with Crippen molar-refractivity contribution in [3.63, 3.8) is 0 Å². The monoisotopic (exact) mass is 365 g/mol. The molecule has 0 saturated heterocycles. The number of benzene rings is 2. The molecule has 0 saturated carbocycles. The highest BCUT2D eigenvalue weighted by atomic mass is 79.9. The van der Waals surface area contributed by atoms with Crippen LogP contribution in [0.5, 0.6) is 0 Å². The van der Waals surface area contributed by atoms with Crippen LogP contribution in [0.3, 0.4) is 0 Å². The maximum atomic E-state index is 14.1. The average molecular weight is 367 g/mol. The number of anilines is 1. The molecule has 1 heterocycles. The Labute approximate surface area is 134 Å². The van der Waals surface area contributed by atoms with E-state index in [1.807, 2.05) is 12.1 Å². The summed E-state index contributed by atoms with van der Waals surface area (Å²) in [6, 6.07) is 11.8. The molecule has 0 aliphatic carbocycles. The molecule has 0 unspecified atom stereocenters. The number of aromatic nitrogens is 2. The Bertz CT molecular complexity index is 816. The molecule has 2 aromatic carbocycles. The first-order valence-corrected chi connectivity index (χ1v) is 7.29. The van der Waals surface area contributed by atoms with E-state index in [0.29, 0.717) is 27.4 Å². The second kappa shape index (κ2) is 5.50. The zero-order valence-electron chi connectivity index (χ0n) is 10.7. The van der Waals surface area contributed by atoms with Gasteiger partial charge in [-0.1, -0.05) is 45.7 Å². The molecule has 3 rings (SSSR count). The van der Waals surface area contributed by atoms with E-state index in [2.05, 4.69) is 26.1 Å². The van der Waals surface area contributed by atoms with E-state index in [4.69, 9.17) is 17.3 Å². The van der Waals surface area contributed by atoms with Crippen molar-refractivity contribution in [1.82, 2.24) is 10.2 Å². The Hall–Kier alpha value is -1.85. The van der Waals surface area contributed by atoms with Crippen LogP contribution in [0.25, 0.3) is 22.4 Å². The number of nitrogens with two attached hydrogens (primary N) is 1. The van der Waals surface area contributed by atoms with Crippen LogP contribution in [0, 0.1) is 5.82 Å². The van der Waals surface area contributed by atoms with Gasteiger partial charge in [-0.05, 0) is 24.3 Å². The van der Waals surface area contributed by atoms with Gasteiger partial charge in [-0.25, -0.2) is 4.39 Å². The number of nitrogens with zero attached hydrogens (tertiary/aromatic N) is 1. The van der Waals surface area contributed by atoms with Crippen LogP contribution in [0.1, 0.15) is 0 Å². The van der Waals surface area contributed by atoms with Gasteiger partial charge >= 0.3 is 0 Å². The summed E-state index contributed by atoms with van der Waals surface area (Å²) in [6.07, 6.45) is 0. The average Bonchev–Trinajstić information content (AvgIpc) is 2.84. The van der Waals surface area contributed by atoms with Crippen molar-refractivity contribution < 1.29 is 4.39 Å². The van der Waals surface area contributed by atoms with Crippen LogP contribution in [0.4, 0.5) is 10.2 Å². The molecule has 6 heteroatoms. The van der Waals surface area contributed by atoms with Gasteiger partial charge in [-0.15, -0.1) is 0 Å². The second-order valence-electron chi connectivity index (χ2n) is 4.46. The Kier molecular flexibility index (Phi) is 3.69. The highest BCUT2D eigenvalue weighted by Crippen LogP contribution is 2.39. The lowest BCUT2D eigenvalue weighted by Crippen LogP contribution is -1.91. The number of hydrogen-bond donors (Lipinski definition) is 2. The number of aromatic amines is 1. The number of nitrogen functional groups attached to an aromatic ring is 1. The van der Waals surface area contributed by atoms with E-state index < -0.39 is 0 Å². The smallest absolute Gasteiger partial charge is 0.153 e. The van der Waals surface area contributed by atoms with Crippen molar-refractivity contribution in [2.45, 2.75) is 0 Å². The predicted molar refractivity (Wildman–Crippen MR) is 86.5 cm³/mol. The van der Waals surface area contributed by atoms with Crippen LogP contribution < -0.4 is 5.73 Å². The van der Waals surface area contributed by atoms with Crippen LogP contribution in [0.15, 0.2) is 46.9 Å². The minimum absolute atomic E-state index is 0.228. The highest BCUT2D eigenvalue weighted by molar-refractivity contribution is 9.10. The first kappa shape index (κ1) is 14.1. The van der Waals surface area contributed by atoms with Gasteiger partial charge in [0.25, 0.3) is 0 Å². The maximum Gasteiger partial charge on any atom is 0.153 e. The number of halogens is 3. The van der Waals surface area contributed by atoms with Crippen LogP contribution >= 0.6 is 27.5 Å². The fourth-order valence-electron chi connectivity index (χ4n) is 2.18. The standard InChI is InChI=1S/C15H10BrClFN3/c16-8-5-6-11(17)10(7-8)14-13(15(19)21-20-14)9-3-1-2-4-12(9)18/h1-7H,(H3,19,20,21). The molecule has 0 aliphatic heterocycles. The van der Waals surface area contributed by atoms with Crippen molar-refractivity contribution in [2.24, 2.45) is 0 Å². The first-order chi connectivity index (χ1) is 10.1. The minimum atomic E-state index is -0.363. The van der Waals surface area contributed by atoms with Gasteiger partial charge in [0.1, 0.15) is 5.82 Å². The molecule has 0 amide bonds. The quantitative estimate of drug-likeness (QED) is 0.679. The van der Waals surface area contributed by atoms with Gasteiger partial charge in [-0.3, -0.25) is 5.10 Å². The zero-order chi connectivity index (χ0) is 15.0. The number of rotatable bonds is 2. The summed E-state index contributed by atoms with van der Waals surface area (Å²) >= 11 is 9.63. The molecule has 0 fully saturated rings. The lowest BCUT2D eigenvalue weighted by molar-refractivity contribution is 0.631. The van der Waals surface area contributed by atoms with Gasteiger partial charge in [0, 0.05) is 15.6 Å². The third-order valence-corrected chi connectivity index (χ3v) is 3.96. The highest BCUT2D eigenvalue weighted by Gasteiger charge is 2.19. The van der Waals surface area contributed by atoms with Crippen molar-refractivity contribution >= 4 is 33.3 Å². The summed E-state index contributed by atoms with van der Waals surface area (Å²) in [5.41, 5.74) is 8.08. The van der Waals surface area contributed by atoms with Gasteiger partial charge in [0.2, 0.25) is 0 Å². The molecule has 0 radical (unpaired) electrons. The molecular formula is C15H10BrClFN3. The summed E-state index contributed by atoms with van der Waals surface area (Å²) in [4.78, 5) is 0. The number of nitrogens with one attached hydrogen (secondary N) is 1. The van der Waals surface area contributed by atoms with E-state index in [0.717, 1.165) is 4.47 Å². The third kappa shape index (κ3) is 2.54. The van der Waals surface area contributed by atoms with Gasteiger partial charge in [0.05, 0.1) is 16.3 Å². The molecule has 3 aromatic rings. The van der Waals surface area contributed by atoms with Gasteiger partial charge in [0.15, 0.2) is 5.82 Å². The Morgan fingerprint density at radius 1 is 1.14 bits per heavy atom. The van der Waals surface area contributed by atoms with Crippen LogP contribution in [0.2, 0.25) is 5.02 Å². The normalized spacial score (nSPS) is 10.8. The first-order valence-electron chi connectivity index (χ1n) is 6.12. The van der Waals surface area contributed by atoms with Crippen LogP contribution in [-0.2, 0) is 0 Å². The molecular weight excluding hydrogens is 357 g/mol. The largest absolute Gasteiger partial charge is 0.382 e. The maximum absolute atomic E-state index is 14.1. The summed E-state index contributed by atoms with van der Waals surface area (Å²) in [5, 5.41) is 7.36. The second-order valence-corrected chi connectivity index (χ2v) is 5.79. The van der Waals surface area contributed by atoms with Gasteiger partial charge in [-0.2, -0.15) is 5.10 Å². The summed E-state index contributed by atoms with van der Waals surface area (Å²) in [5.74, 6) is -0.135. The van der Waals surface area contributed by atoms with E-state index in [1.54, 1.807) is 24.3 Å². The van der Waals surface area contributed by atoms with E-state index in [9.17, 15) is 4.39 Å². The van der Waals surface area contributed by atoms with Crippen molar-refractivity contribution in [3.8, 4) is 22.4 Å². The van der Waals surface area contributed by atoms with E-state index in [-0.39, 0.29) is 11.6 Å². The fraction of sp³-hybridized carbons (Fsp3) is 0. The van der Waals surface area contributed by atoms with Crippen LogP contribution in [-0.4, -0.2) is 10.2 Å². The summed E-state index contributed by atoms with van der Waals surface area (Å²) in [6.45, 7) is 0. The molecule has 3 N–H and O–H groups in total. The van der Waals surface area contributed by atoms with Gasteiger partial charge < -0.3 is 5.73 Å². The molecule has 3 nitrogen and oxygen atoms in total. The lowest BCUT2D eigenvalue weighted by Gasteiger charge is -2.08. The minimum Gasteiger partial charge on any atom is -0.382 e. The Morgan fingerprint density at radius 3 is 2.67 bits per heavy atom. The zero-order valence-corrected chi connectivity index (χ0v) is 13.0. The fourth-order valence-corrected chi connectivity index (χ4v) is 2.75. The van der Waals surface area contributed by atoms with E-state index >= 15 is 0 Å². The molecule has 21 heavy (non-hydrogen) atoms. The SMILES string of the molecule is Nc1n[nH]c(-c2cc(Br)ccc2Cl)c1-c1ccccc1F. The van der Waals surface area contributed by atoms with E-state index in [1.165, 1.54) is 6.07 Å². The number of H-pyrrole nitrogens is 1.